The molecule has 0 nitrogen and oxygen atoms in total. The minimum Gasteiger partial charge on any atom is -0.358 e. The quantitative estimate of drug-likeness (QED) is 0.342. The molecule has 2 heteroatoms. The van der Waals surface area contributed by atoms with E-state index in [1.807, 2.05) is 0 Å². The molecule has 1 radical (unpaired) electrons. The Balaban J connectivity index is -0.000000273. The van der Waals surface area contributed by atoms with Gasteiger partial charge in [0.05, 0.1) is 0 Å². The van der Waals surface area contributed by atoms with E-state index in [0.717, 1.165) is 15.9 Å². The van der Waals surface area contributed by atoms with Crippen molar-refractivity contribution >= 4 is 9.52 Å². The van der Waals surface area contributed by atoms with E-state index in [4.69, 9.17) is 0 Å². The second-order valence-corrected chi connectivity index (χ2v) is 7.81. The molecule has 0 bridgehead atoms. The fourth-order valence-electron chi connectivity index (χ4n) is 2.26. The van der Waals surface area contributed by atoms with E-state index in [9.17, 15) is 0 Å². The molecule has 1 unspecified atom stereocenters. The third kappa shape index (κ3) is 10.8. The Morgan fingerprint density at radius 3 is 1.92 bits per heavy atom. The van der Waals surface area contributed by atoms with Crippen LogP contribution in [0, 0.1) is 32.9 Å². The number of hydrogen-bond donors (Lipinski definition) is 0. The summed E-state index contributed by atoms with van der Waals surface area (Å²) in [4.78, 5) is 0. The van der Waals surface area contributed by atoms with Crippen molar-refractivity contribution in [2.75, 3.05) is 0 Å². The predicted octanol–water partition coefficient (Wildman–Crippen LogP) is 6.76. The van der Waals surface area contributed by atoms with Crippen molar-refractivity contribution in [2.45, 2.75) is 72.4 Å². The van der Waals surface area contributed by atoms with Gasteiger partial charge in [0.15, 0.2) is 0 Å². The predicted molar refractivity (Wildman–Crippen MR) is 110 cm³/mol. The fourth-order valence-corrected chi connectivity index (χ4v) is 2.67. The van der Waals surface area contributed by atoms with Gasteiger partial charge >= 0.3 is 26.2 Å². The molecule has 0 spiro atoms. The standard InChI is InChI=1S/C9H13.C8H11.C3H7Si.2CH3.Zr/c1-6-5-7(2)9(4)8(6)3;1-2-5-8-6-3-4-7-8;1-2-4-3-1;;;/h6H,1-4H3;3,6H,2,4-5H2,1H3;4H,1-3H2;2*1H3;/q2*-1;;2*-1;+4. The third-order valence-electron chi connectivity index (χ3n) is 4.34. The van der Waals surface area contributed by atoms with Crippen LogP contribution >= 0.6 is 0 Å². The Hall–Kier alpha value is 0.0600. The molecule has 0 aromatic heterocycles. The van der Waals surface area contributed by atoms with Crippen molar-refractivity contribution in [2.24, 2.45) is 5.92 Å². The van der Waals surface area contributed by atoms with E-state index in [1.54, 1.807) is 12.1 Å². The van der Waals surface area contributed by atoms with Crippen molar-refractivity contribution in [1.29, 1.82) is 0 Å². The maximum atomic E-state index is 3.36. The number of rotatable bonds is 2. The van der Waals surface area contributed by atoms with E-state index in [2.05, 4.69) is 58.9 Å². The first-order valence-corrected chi connectivity index (χ1v) is 10.0. The van der Waals surface area contributed by atoms with Gasteiger partial charge < -0.3 is 14.9 Å². The Morgan fingerprint density at radius 1 is 1.17 bits per heavy atom. The summed E-state index contributed by atoms with van der Waals surface area (Å²) in [5, 5.41) is 0. The van der Waals surface area contributed by atoms with Crippen LogP contribution < -0.4 is 0 Å². The molecule has 1 heterocycles. The molecule has 1 aliphatic heterocycles. The summed E-state index contributed by atoms with van der Waals surface area (Å²) in [7, 11) is 0.963. The topological polar surface area (TPSA) is 0 Å². The molecule has 1 atom stereocenters. The molecule has 0 saturated carbocycles. The van der Waals surface area contributed by atoms with Gasteiger partial charge in [-0.3, -0.25) is 12.2 Å². The van der Waals surface area contributed by atoms with Crippen LogP contribution in [-0.2, 0) is 26.2 Å². The van der Waals surface area contributed by atoms with Crippen LogP contribution in [0.15, 0.2) is 34.4 Å². The molecule has 0 N–H and O–H groups in total. The Labute approximate surface area is 174 Å². The summed E-state index contributed by atoms with van der Waals surface area (Å²) in [6.45, 7) is 10.9. The van der Waals surface area contributed by atoms with Crippen LogP contribution in [0.2, 0.25) is 12.1 Å². The number of hydrogen-bond acceptors (Lipinski definition) is 0. The fraction of sp³-hybridized carbons (Fsp3) is 0.545. The van der Waals surface area contributed by atoms with Gasteiger partial charge in [0.1, 0.15) is 0 Å². The van der Waals surface area contributed by atoms with E-state index in [0.29, 0.717) is 5.92 Å². The van der Waals surface area contributed by atoms with Gasteiger partial charge in [-0.05, 0) is 0 Å². The van der Waals surface area contributed by atoms with E-state index < -0.39 is 0 Å². The Kier molecular flexibility index (Phi) is 19.9. The molecule has 0 aromatic carbocycles. The van der Waals surface area contributed by atoms with Crippen molar-refractivity contribution in [3.63, 3.8) is 0 Å². The normalized spacial score (nSPS) is 19.8. The van der Waals surface area contributed by atoms with Crippen LogP contribution in [0.5, 0.6) is 0 Å². The van der Waals surface area contributed by atoms with Gasteiger partial charge in [-0.1, -0.05) is 65.0 Å². The first-order valence-electron chi connectivity index (χ1n) is 8.42. The average Bonchev–Trinajstić information content (AvgIpc) is 2.95. The maximum absolute atomic E-state index is 3.36. The molecule has 3 rings (SSSR count). The smallest absolute Gasteiger partial charge is 0.358 e. The first-order chi connectivity index (χ1) is 10.1. The minimum absolute atomic E-state index is 0. The molecule has 1 fully saturated rings. The molecule has 0 aromatic rings. The second-order valence-electron chi connectivity index (χ2n) is 6.08. The van der Waals surface area contributed by atoms with E-state index in [-0.39, 0.29) is 41.1 Å². The monoisotopic (exact) mass is 419 g/mol. The molecule has 0 amide bonds. The summed E-state index contributed by atoms with van der Waals surface area (Å²) in [6, 6.07) is 3.17. The van der Waals surface area contributed by atoms with Gasteiger partial charge in [-0.25, -0.2) is 17.2 Å². The summed E-state index contributed by atoms with van der Waals surface area (Å²) in [6.07, 6.45) is 16.0. The molecular weight excluding hydrogens is 384 g/mol. The van der Waals surface area contributed by atoms with Crippen LogP contribution in [0.4, 0.5) is 0 Å². The molecule has 2 aliphatic carbocycles. The SMILES string of the molecule is C1C[SiH]C1.CC1=[C-]C(C)C(C)=C1C.CCCC1=[C-]CC=C1.[CH3-].[CH3-].[Zr+4]. The van der Waals surface area contributed by atoms with Crippen LogP contribution in [0.1, 0.15) is 60.3 Å². The van der Waals surface area contributed by atoms with Crippen LogP contribution in [-0.4, -0.2) is 9.52 Å². The van der Waals surface area contributed by atoms with E-state index in [1.165, 1.54) is 41.6 Å². The van der Waals surface area contributed by atoms with Gasteiger partial charge in [0.2, 0.25) is 0 Å². The number of allylic oxidation sites excluding steroid dienone is 8. The van der Waals surface area contributed by atoms with Gasteiger partial charge in [-0.2, -0.15) is 17.2 Å². The summed E-state index contributed by atoms with van der Waals surface area (Å²) in [5.41, 5.74) is 5.64. The van der Waals surface area contributed by atoms with Crippen LogP contribution in [0.3, 0.4) is 0 Å². The van der Waals surface area contributed by atoms with Gasteiger partial charge in [0, 0.05) is 9.52 Å². The molecule has 3 aliphatic rings. The summed E-state index contributed by atoms with van der Waals surface area (Å²) >= 11 is 0. The zero-order chi connectivity index (χ0) is 15.7. The summed E-state index contributed by atoms with van der Waals surface area (Å²) in [5.74, 6) is 0.560. The zero-order valence-corrected chi connectivity index (χ0v) is 20.7. The van der Waals surface area contributed by atoms with Crippen molar-refractivity contribution in [3.05, 3.63) is 61.4 Å². The van der Waals surface area contributed by atoms with Crippen molar-refractivity contribution in [3.8, 4) is 0 Å². The largest absolute Gasteiger partial charge is 4.00 e. The Morgan fingerprint density at radius 2 is 1.71 bits per heavy atom. The molecule has 133 valence electrons. The molecule has 1 saturated heterocycles. The molecular formula is C22H37SiZr. The zero-order valence-electron chi connectivity index (χ0n) is 17.1. The second kappa shape index (κ2) is 16.5. The maximum Gasteiger partial charge on any atom is 4.00 e. The Bertz CT molecular complexity index is 433. The average molecular weight is 421 g/mol. The van der Waals surface area contributed by atoms with Crippen molar-refractivity contribution < 1.29 is 26.2 Å². The van der Waals surface area contributed by atoms with Gasteiger partial charge in [0.25, 0.3) is 0 Å². The van der Waals surface area contributed by atoms with E-state index >= 15 is 0 Å². The molecule has 24 heavy (non-hydrogen) atoms. The van der Waals surface area contributed by atoms with Gasteiger partial charge in [-0.15, -0.1) is 13.3 Å². The summed E-state index contributed by atoms with van der Waals surface area (Å²) < 4.78 is 0. The van der Waals surface area contributed by atoms with Crippen LogP contribution in [0.25, 0.3) is 0 Å². The third-order valence-corrected chi connectivity index (χ3v) is 5.97. The first kappa shape index (κ1) is 28.8. The van der Waals surface area contributed by atoms with Crippen molar-refractivity contribution in [1.82, 2.24) is 0 Å². The minimum atomic E-state index is 0.